The second kappa shape index (κ2) is 6.00. The number of hydrogen-bond acceptors (Lipinski definition) is 6. The molecule has 1 unspecified atom stereocenters. The van der Waals surface area contributed by atoms with Gasteiger partial charge in [0, 0.05) is 32.9 Å². The zero-order valence-electron chi connectivity index (χ0n) is 14.7. The van der Waals surface area contributed by atoms with E-state index >= 15 is 0 Å². The molecule has 0 saturated carbocycles. The number of para-hydroxylation sites is 1. The normalized spacial score (nSPS) is 21.9. The van der Waals surface area contributed by atoms with Gasteiger partial charge < -0.3 is 13.8 Å². The van der Waals surface area contributed by atoms with Gasteiger partial charge in [0.1, 0.15) is 17.0 Å². The summed E-state index contributed by atoms with van der Waals surface area (Å²) in [5, 5.41) is 3.75. The summed E-state index contributed by atoms with van der Waals surface area (Å²) in [6, 6.07) is 7.21. The average Bonchev–Trinajstić information content (AvgIpc) is 2.94. The topological polar surface area (TPSA) is 95.7 Å². The molecule has 0 amide bonds. The van der Waals surface area contributed by atoms with Crippen LogP contribution in [0, 0.1) is 13.8 Å². The van der Waals surface area contributed by atoms with Gasteiger partial charge in [0.2, 0.25) is 4.90 Å². The van der Waals surface area contributed by atoms with Gasteiger partial charge in [-0.2, -0.15) is 0 Å². The van der Waals surface area contributed by atoms with Crippen LogP contribution in [0.3, 0.4) is 0 Å². The van der Waals surface area contributed by atoms with Crippen molar-refractivity contribution in [1.82, 2.24) is 9.46 Å². The molecule has 138 valence electrons. The molecule has 3 heterocycles. The Labute approximate surface area is 152 Å². The smallest absolute Gasteiger partial charge is 0.240 e. The standard InChI is InChI=1S/C18H20N2O5S/c1-12-17(13(2)25-19-12)26(22,23)20-9-7-18(8-10-20)11-15(21)14-5-3-4-6-16(14)24-18/h3-6H,7-11H2,1-2H3. The molecule has 4 rings (SSSR count). The fraction of sp³-hybridized carbons (Fsp3) is 0.444. The van der Waals surface area contributed by atoms with Gasteiger partial charge in [-0.05, 0) is 19.1 Å². The Balaban J connectivity index is 1.55. The van der Waals surface area contributed by atoms with Crippen LogP contribution < -0.4 is 4.74 Å². The second-order valence-corrected chi connectivity index (χ2v) is 8.81. The maximum atomic E-state index is 12.9. The van der Waals surface area contributed by atoms with E-state index in [9.17, 15) is 13.6 Å². The van der Waals surface area contributed by atoms with Gasteiger partial charge in [0.05, 0.1) is 12.0 Å². The zero-order chi connectivity index (χ0) is 18.5. The average molecular weight is 376 g/mol. The molecule has 1 spiro atoms. The molecule has 1 aromatic heterocycles. The second-order valence-electron chi connectivity index (χ2n) is 6.94. The van der Waals surface area contributed by atoms with Crippen molar-refractivity contribution in [2.75, 3.05) is 13.1 Å². The number of nitrogens with zero attached hydrogens (tertiary/aromatic N) is 2. The van der Waals surface area contributed by atoms with E-state index in [4.69, 9.17) is 9.26 Å². The number of carbonyl (C=O) groups is 1. The number of Topliss-reactive ketones (excluding diaryl/α,β-unsaturated/α-hetero) is 1. The fourth-order valence-corrected chi connectivity index (χ4v) is 5.56. The van der Waals surface area contributed by atoms with E-state index in [2.05, 4.69) is 5.16 Å². The van der Waals surface area contributed by atoms with E-state index < -0.39 is 16.0 Å². The lowest BCUT2D eigenvalue weighted by Gasteiger charge is -2.43. The Hall–Kier alpha value is -2.03. The molecule has 7 nitrogen and oxygen atoms in total. The first-order chi connectivity index (χ1) is 12.3. The lowest BCUT2D eigenvalue weighted by molar-refractivity contribution is 0.00485. The molecule has 1 saturated heterocycles. The van der Waals surface area contributed by atoms with E-state index in [-0.39, 0.29) is 17.1 Å². The summed E-state index contributed by atoms with van der Waals surface area (Å²) in [7, 11) is -3.67. The summed E-state index contributed by atoms with van der Waals surface area (Å²) in [6.45, 7) is 3.80. The van der Waals surface area contributed by atoms with Gasteiger partial charge in [-0.25, -0.2) is 0 Å². The Bertz CT molecular complexity index is 895. The molecule has 26 heavy (non-hydrogen) atoms. The molecule has 8 heteroatoms. The van der Waals surface area contributed by atoms with E-state index in [1.165, 1.54) is 4.31 Å². The summed E-state index contributed by atoms with van der Waals surface area (Å²) in [5.41, 5.74) is 0.334. The van der Waals surface area contributed by atoms with Crippen LogP contribution in [0.5, 0.6) is 5.75 Å². The molecule has 2 aliphatic heterocycles. The summed E-state index contributed by atoms with van der Waals surface area (Å²) >= 11 is 0. The molecular formula is C18H20N2O5S. The number of sulfonamides is 1. The maximum absolute atomic E-state index is 12.9. The highest BCUT2D eigenvalue weighted by molar-refractivity contribution is 7.95. The number of benzene rings is 1. The van der Waals surface area contributed by atoms with Gasteiger partial charge in [-0.15, -0.1) is 4.31 Å². The Morgan fingerprint density at radius 1 is 1.23 bits per heavy atom. The number of aromatic nitrogens is 1. The monoisotopic (exact) mass is 376 g/mol. The molecular weight excluding hydrogens is 356 g/mol. The highest BCUT2D eigenvalue weighted by Crippen LogP contribution is 2.41. The van der Waals surface area contributed by atoms with Crippen molar-refractivity contribution in [3.8, 4) is 5.75 Å². The van der Waals surface area contributed by atoms with Gasteiger partial charge in [-0.1, -0.05) is 21.5 Å². The fourth-order valence-electron chi connectivity index (χ4n) is 3.83. The lowest BCUT2D eigenvalue weighted by atomic mass is 9.83. The van der Waals surface area contributed by atoms with Crippen LogP contribution in [0.4, 0.5) is 0 Å². The molecule has 1 atom stereocenters. The minimum atomic E-state index is -3.67. The van der Waals surface area contributed by atoms with Crippen LogP contribution in [0.25, 0.3) is 0 Å². The van der Waals surface area contributed by atoms with E-state index in [1.54, 1.807) is 26.0 Å². The maximum Gasteiger partial charge on any atom is 0.240 e. The molecule has 1 fully saturated rings. The van der Waals surface area contributed by atoms with Crippen LogP contribution in [0.2, 0.25) is 0 Å². The third-order valence-electron chi connectivity index (χ3n) is 5.20. The Kier molecular flexibility index (Phi) is 4.02. The summed E-state index contributed by atoms with van der Waals surface area (Å²) in [6.07, 6.45) is 1.22. The predicted octanol–water partition coefficient (Wildman–Crippen LogP) is 2.70. The molecule has 2 aliphatic rings. The summed E-state index contributed by atoms with van der Waals surface area (Å²) < 4.78 is 38.5. The van der Waals surface area contributed by atoms with E-state index in [0.29, 0.717) is 48.7 Å². The van der Waals surface area contributed by atoms with Crippen LogP contribution in [-0.2, 0) is 14.6 Å². The SMILES string of the molecule is Cc1noc(C)c1[S+](=O)([O-])N1CCC2(CC1)CC(=O)c1ccccc1O2. The first-order valence-electron chi connectivity index (χ1n) is 8.57. The minimum Gasteiger partial charge on any atom is -0.593 e. The number of ketones is 1. The van der Waals surface area contributed by atoms with Gasteiger partial charge >= 0.3 is 0 Å². The summed E-state index contributed by atoms with van der Waals surface area (Å²) in [4.78, 5) is 12.6. The number of carbonyl (C=O) groups excluding carboxylic acids is 1. The molecule has 2 aromatic rings. The highest BCUT2D eigenvalue weighted by atomic mass is 32.3. The quantitative estimate of drug-likeness (QED) is 0.748. The van der Waals surface area contributed by atoms with Crippen molar-refractivity contribution in [1.29, 1.82) is 0 Å². The third kappa shape index (κ3) is 2.69. The first-order valence-corrected chi connectivity index (χ1v) is 10.0. The Morgan fingerprint density at radius 3 is 2.58 bits per heavy atom. The molecule has 1 aromatic carbocycles. The van der Waals surface area contributed by atoms with Crippen LogP contribution in [-0.4, -0.2) is 38.5 Å². The molecule has 0 bridgehead atoms. The number of hydrogen-bond donors (Lipinski definition) is 0. The largest absolute Gasteiger partial charge is 0.593 e. The van der Waals surface area contributed by atoms with Crippen LogP contribution in [0.1, 0.15) is 41.1 Å². The van der Waals surface area contributed by atoms with Crippen molar-refractivity contribution in [3.05, 3.63) is 41.3 Å². The third-order valence-corrected chi connectivity index (χ3v) is 7.34. The van der Waals surface area contributed by atoms with Gasteiger partial charge in [0.25, 0.3) is 0 Å². The Morgan fingerprint density at radius 2 is 1.92 bits per heavy atom. The number of aryl methyl sites for hydroxylation is 2. The summed E-state index contributed by atoms with van der Waals surface area (Å²) in [5.74, 6) is 0.931. The molecule has 0 radical (unpaired) electrons. The predicted molar refractivity (Wildman–Crippen MR) is 92.6 cm³/mol. The van der Waals surface area contributed by atoms with Crippen LogP contribution >= 0.6 is 0 Å². The zero-order valence-corrected chi connectivity index (χ0v) is 15.5. The minimum absolute atomic E-state index is 0.0499. The molecule has 0 N–H and O–H groups in total. The van der Waals surface area contributed by atoms with Crippen molar-refractivity contribution in [2.45, 2.75) is 43.6 Å². The van der Waals surface area contributed by atoms with Crippen molar-refractivity contribution in [3.63, 3.8) is 0 Å². The number of piperidine rings is 1. The van der Waals surface area contributed by atoms with E-state index in [1.807, 2.05) is 12.1 Å². The van der Waals surface area contributed by atoms with Crippen molar-refractivity contribution >= 4 is 16.2 Å². The van der Waals surface area contributed by atoms with Crippen molar-refractivity contribution in [2.24, 2.45) is 0 Å². The van der Waals surface area contributed by atoms with Gasteiger partial charge in [-0.3, -0.25) is 4.79 Å². The van der Waals surface area contributed by atoms with Crippen molar-refractivity contribution < 1.29 is 22.8 Å². The number of fused-ring (bicyclic) bond motifs is 1. The van der Waals surface area contributed by atoms with E-state index in [0.717, 1.165) is 0 Å². The number of ether oxygens (including phenoxy) is 1. The molecule has 0 aliphatic carbocycles. The highest BCUT2D eigenvalue weighted by Gasteiger charge is 2.47. The van der Waals surface area contributed by atoms with Crippen LogP contribution in [0.15, 0.2) is 33.7 Å². The first kappa shape index (κ1) is 17.4. The number of rotatable bonds is 2. The lowest BCUT2D eigenvalue weighted by Crippen LogP contribution is -2.53. The van der Waals surface area contributed by atoms with Gasteiger partial charge in [0.15, 0.2) is 21.9 Å².